The number of rotatable bonds is 6. The van der Waals surface area contributed by atoms with Crippen LogP contribution in [-0.4, -0.2) is 29.3 Å². The van der Waals surface area contributed by atoms with Gasteiger partial charge in [0.15, 0.2) is 0 Å². The van der Waals surface area contributed by atoms with Crippen molar-refractivity contribution in [3.05, 3.63) is 41.5 Å². The zero-order valence-corrected chi connectivity index (χ0v) is 13.0. The molecule has 2 bridgehead atoms. The lowest BCUT2D eigenvalue weighted by molar-refractivity contribution is 0.107. The molecule has 0 fully saturated rings. The Bertz CT molecular complexity index is 365. The number of hydrogen-bond acceptors (Lipinski definition) is 3. The summed E-state index contributed by atoms with van der Waals surface area (Å²) in [4.78, 5) is 0. The lowest BCUT2D eigenvalue weighted by Gasteiger charge is -2.10. The van der Waals surface area contributed by atoms with Crippen molar-refractivity contribution in [2.45, 2.75) is 27.2 Å². The molecule has 1 aliphatic rings. The molecule has 0 saturated heterocycles. The van der Waals surface area contributed by atoms with E-state index in [1.807, 2.05) is 20.8 Å². The van der Waals surface area contributed by atoms with Crippen molar-refractivity contribution in [2.24, 2.45) is 0 Å². The second-order valence-electron chi connectivity index (χ2n) is 3.90. The number of benzene rings is 1. The van der Waals surface area contributed by atoms with Gasteiger partial charge >= 0.3 is 9.53 Å². The molecular weight excluding hydrogens is 256 g/mol. The molecule has 2 rings (SSSR count). The molecule has 19 heavy (non-hydrogen) atoms. The summed E-state index contributed by atoms with van der Waals surface area (Å²) < 4.78 is 15.5. The maximum absolute atomic E-state index is 5.18. The standard InChI is InChI=1S/C9H8.C6H15O3Si/c1-3-8-5-2-6-9(4-1)7-8;1-4-7-10(8-5-2)9-6-3/h1-5,7H,6H2;4-6H2,1-3H3. The predicted octanol–water partition coefficient (Wildman–Crippen LogP) is 3.34. The first-order valence-corrected chi connectivity index (χ1v) is 8.03. The van der Waals surface area contributed by atoms with Gasteiger partial charge in [0.05, 0.1) is 0 Å². The molecular formula is C15H23O3Si. The van der Waals surface area contributed by atoms with Crippen LogP contribution >= 0.6 is 0 Å². The lowest BCUT2D eigenvalue weighted by Crippen LogP contribution is -2.27. The first-order chi connectivity index (χ1) is 9.30. The van der Waals surface area contributed by atoms with Crippen LogP contribution in [0.4, 0.5) is 0 Å². The molecule has 0 atom stereocenters. The van der Waals surface area contributed by atoms with Gasteiger partial charge < -0.3 is 13.3 Å². The summed E-state index contributed by atoms with van der Waals surface area (Å²) >= 11 is 0. The van der Waals surface area contributed by atoms with E-state index in [4.69, 9.17) is 13.3 Å². The minimum Gasteiger partial charge on any atom is -0.371 e. The second kappa shape index (κ2) is 9.92. The van der Waals surface area contributed by atoms with Gasteiger partial charge in [-0.2, -0.15) is 0 Å². The molecule has 4 heteroatoms. The monoisotopic (exact) mass is 279 g/mol. The molecule has 1 aromatic carbocycles. The van der Waals surface area contributed by atoms with Gasteiger partial charge in [-0.15, -0.1) is 0 Å². The van der Waals surface area contributed by atoms with Crippen molar-refractivity contribution in [3.63, 3.8) is 0 Å². The predicted molar refractivity (Wildman–Crippen MR) is 79.8 cm³/mol. The molecule has 3 nitrogen and oxygen atoms in total. The molecule has 0 saturated carbocycles. The van der Waals surface area contributed by atoms with Crippen LogP contribution in [-0.2, 0) is 19.7 Å². The Kier molecular flexibility index (Phi) is 8.41. The Morgan fingerprint density at radius 2 is 1.63 bits per heavy atom. The lowest BCUT2D eigenvalue weighted by atomic mass is 10.0. The van der Waals surface area contributed by atoms with Gasteiger partial charge in [0.25, 0.3) is 0 Å². The Labute approximate surface area is 118 Å². The Morgan fingerprint density at radius 1 is 1.00 bits per heavy atom. The van der Waals surface area contributed by atoms with E-state index < -0.39 is 9.53 Å². The van der Waals surface area contributed by atoms with Crippen LogP contribution in [0.15, 0.2) is 30.3 Å². The molecule has 1 aliphatic carbocycles. The molecule has 0 aromatic heterocycles. The SMILES string of the molecule is C1=Cc2cccc(c2)C1.CCO[Si](OCC)OCC. The summed E-state index contributed by atoms with van der Waals surface area (Å²) in [5.41, 5.74) is 2.76. The summed E-state index contributed by atoms with van der Waals surface area (Å²) in [7, 11) is -1.40. The van der Waals surface area contributed by atoms with E-state index in [-0.39, 0.29) is 0 Å². The van der Waals surface area contributed by atoms with E-state index in [2.05, 4.69) is 36.4 Å². The molecule has 0 N–H and O–H groups in total. The van der Waals surface area contributed by atoms with Crippen LogP contribution in [0.5, 0.6) is 0 Å². The number of allylic oxidation sites excluding steroid dienone is 1. The Morgan fingerprint density at radius 3 is 2.11 bits per heavy atom. The first-order valence-electron chi connectivity index (χ1n) is 6.80. The fraction of sp³-hybridized carbons (Fsp3) is 0.467. The molecule has 1 aromatic rings. The average Bonchev–Trinajstić information content (AvgIpc) is 2.41. The summed E-state index contributed by atoms with van der Waals surface area (Å²) in [5.74, 6) is 0. The fourth-order valence-electron chi connectivity index (χ4n) is 1.63. The maximum Gasteiger partial charge on any atom is 0.577 e. The van der Waals surface area contributed by atoms with Gasteiger partial charge in [-0.05, 0) is 38.3 Å². The molecule has 1 radical (unpaired) electrons. The molecule has 0 unspecified atom stereocenters. The second-order valence-corrected chi connectivity index (χ2v) is 5.27. The maximum atomic E-state index is 5.18. The van der Waals surface area contributed by atoms with E-state index in [0.717, 1.165) is 6.42 Å². The van der Waals surface area contributed by atoms with Gasteiger partial charge in [-0.1, -0.05) is 36.4 Å². The minimum absolute atomic E-state index is 0.661. The highest BCUT2D eigenvalue weighted by molar-refractivity contribution is 6.36. The minimum atomic E-state index is -1.40. The van der Waals surface area contributed by atoms with E-state index in [1.165, 1.54) is 11.1 Å². The third-order valence-corrected chi connectivity index (χ3v) is 3.97. The molecule has 0 heterocycles. The molecule has 0 aliphatic heterocycles. The summed E-state index contributed by atoms with van der Waals surface area (Å²) in [6.07, 6.45) is 5.46. The Balaban J connectivity index is 0.000000190. The highest BCUT2D eigenvalue weighted by Gasteiger charge is 2.15. The molecule has 105 valence electrons. The third-order valence-electron chi connectivity index (χ3n) is 2.40. The van der Waals surface area contributed by atoms with E-state index >= 15 is 0 Å². The van der Waals surface area contributed by atoms with Gasteiger partial charge in [-0.3, -0.25) is 0 Å². The van der Waals surface area contributed by atoms with Crippen LogP contribution in [0.2, 0.25) is 0 Å². The molecule has 0 spiro atoms. The van der Waals surface area contributed by atoms with Crippen molar-refractivity contribution < 1.29 is 13.3 Å². The third kappa shape index (κ3) is 6.68. The van der Waals surface area contributed by atoms with Crippen LogP contribution in [0.25, 0.3) is 6.08 Å². The van der Waals surface area contributed by atoms with E-state index in [0.29, 0.717) is 19.8 Å². The zero-order chi connectivity index (χ0) is 13.9. The van der Waals surface area contributed by atoms with Crippen molar-refractivity contribution in [1.82, 2.24) is 0 Å². The van der Waals surface area contributed by atoms with Gasteiger partial charge in [-0.25, -0.2) is 0 Å². The topological polar surface area (TPSA) is 27.7 Å². The van der Waals surface area contributed by atoms with Crippen molar-refractivity contribution in [3.8, 4) is 0 Å². The van der Waals surface area contributed by atoms with E-state index in [9.17, 15) is 0 Å². The zero-order valence-electron chi connectivity index (χ0n) is 12.0. The van der Waals surface area contributed by atoms with E-state index in [1.54, 1.807) is 0 Å². The van der Waals surface area contributed by atoms with Crippen molar-refractivity contribution in [2.75, 3.05) is 19.8 Å². The quantitative estimate of drug-likeness (QED) is 0.748. The van der Waals surface area contributed by atoms with Crippen LogP contribution in [0.1, 0.15) is 31.9 Å². The largest absolute Gasteiger partial charge is 0.577 e. The van der Waals surface area contributed by atoms with Crippen molar-refractivity contribution in [1.29, 1.82) is 0 Å². The van der Waals surface area contributed by atoms with Crippen LogP contribution < -0.4 is 0 Å². The number of hydrogen-bond donors (Lipinski definition) is 0. The fourth-order valence-corrected chi connectivity index (χ4v) is 2.59. The normalized spacial score (nSPS) is 12.2. The van der Waals surface area contributed by atoms with Crippen LogP contribution in [0.3, 0.4) is 0 Å². The highest BCUT2D eigenvalue weighted by atomic mass is 28.3. The first kappa shape index (κ1) is 16.1. The van der Waals surface area contributed by atoms with Gasteiger partial charge in [0.1, 0.15) is 0 Å². The van der Waals surface area contributed by atoms with Crippen molar-refractivity contribution >= 4 is 15.6 Å². The number of fused-ring (bicyclic) bond motifs is 2. The summed E-state index contributed by atoms with van der Waals surface area (Å²) in [6, 6.07) is 8.61. The van der Waals surface area contributed by atoms with Gasteiger partial charge in [0.2, 0.25) is 0 Å². The van der Waals surface area contributed by atoms with Gasteiger partial charge in [0, 0.05) is 19.8 Å². The highest BCUT2D eigenvalue weighted by Crippen LogP contribution is 2.13. The summed E-state index contributed by atoms with van der Waals surface area (Å²) in [6.45, 7) is 7.78. The average molecular weight is 279 g/mol. The smallest absolute Gasteiger partial charge is 0.371 e. The summed E-state index contributed by atoms with van der Waals surface area (Å²) in [5, 5.41) is 0. The Hall–Kier alpha value is -0.943. The van der Waals surface area contributed by atoms with Crippen LogP contribution in [0, 0.1) is 0 Å². The molecule has 0 amide bonds.